The number of halogens is 2. The van der Waals surface area contributed by atoms with Gasteiger partial charge < -0.3 is 41.7 Å². The number of carbonyl (C=O) groups excluding carboxylic acids is 1. The average Bonchev–Trinajstić information content (AvgIpc) is 2.72. The number of nitrogens with zero attached hydrogens (tertiary/aromatic N) is 2. The van der Waals surface area contributed by atoms with Crippen LogP contribution in [-0.4, -0.2) is 87.7 Å². The van der Waals surface area contributed by atoms with Gasteiger partial charge in [0.1, 0.15) is 6.10 Å². The monoisotopic (exact) mass is 493 g/mol. The topological polar surface area (TPSA) is 167 Å². The van der Waals surface area contributed by atoms with Crippen molar-refractivity contribution in [1.29, 1.82) is 0 Å². The lowest BCUT2D eigenvalue weighted by molar-refractivity contribution is -0.263. The van der Waals surface area contributed by atoms with E-state index in [1.165, 1.54) is 6.21 Å². The summed E-state index contributed by atoms with van der Waals surface area (Å²) >= 11 is 16.4. The third-order valence-corrected chi connectivity index (χ3v) is 5.15. The Morgan fingerprint density at radius 3 is 2.29 bits per heavy atom. The fraction of sp³-hybridized carbons (Fsp3) is 0.500. The maximum absolute atomic E-state index is 11.6. The smallest absolute Gasteiger partial charge is 0.249 e. The van der Waals surface area contributed by atoms with E-state index in [0.717, 1.165) is 5.69 Å². The molecule has 0 saturated carbocycles. The molecule has 0 aliphatic carbocycles. The van der Waals surface area contributed by atoms with Crippen molar-refractivity contribution in [3.63, 3.8) is 0 Å². The molecule has 1 aliphatic rings. The third-order valence-electron chi connectivity index (χ3n) is 4.69. The Kier molecular flexibility index (Phi) is 9.25. The first-order valence-electron chi connectivity index (χ1n) is 9.25. The number of hydrogen-bond acceptors (Lipinski definition) is 8. The van der Waals surface area contributed by atoms with Crippen molar-refractivity contribution >= 4 is 58.3 Å². The lowest BCUT2D eigenvalue weighted by Crippen LogP contribution is -2.71. The van der Waals surface area contributed by atoms with E-state index in [9.17, 15) is 20.1 Å². The van der Waals surface area contributed by atoms with Crippen molar-refractivity contribution in [2.24, 2.45) is 16.5 Å². The van der Waals surface area contributed by atoms with Crippen LogP contribution >= 0.6 is 35.4 Å². The summed E-state index contributed by atoms with van der Waals surface area (Å²) in [5, 5.41) is 34.0. The summed E-state index contributed by atoms with van der Waals surface area (Å²) in [7, 11) is 0. The Morgan fingerprint density at radius 2 is 1.81 bits per heavy atom. The maximum atomic E-state index is 11.6. The molecule has 31 heavy (non-hydrogen) atoms. The highest BCUT2D eigenvalue weighted by atomic mass is 35.5. The van der Waals surface area contributed by atoms with Crippen LogP contribution in [0.15, 0.2) is 29.3 Å². The number of amides is 1. The van der Waals surface area contributed by atoms with Gasteiger partial charge >= 0.3 is 0 Å². The molecule has 1 aromatic carbocycles. The van der Waals surface area contributed by atoms with Gasteiger partial charge in [0.15, 0.2) is 23.5 Å². The van der Waals surface area contributed by atoms with Gasteiger partial charge in [-0.1, -0.05) is 12.1 Å². The van der Waals surface area contributed by atoms with E-state index in [1.807, 2.05) is 17.0 Å². The molecular weight excluding hydrogens is 469 g/mol. The minimum absolute atomic E-state index is 0.260. The highest BCUT2D eigenvalue weighted by Crippen LogP contribution is 2.30. The van der Waals surface area contributed by atoms with Gasteiger partial charge in [-0.15, -0.1) is 23.2 Å². The van der Waals surface area contributed by atoms with E-state index < -0.39 is 36.2 Å². The largest absolute Gasteiger partial charge is 0.385 e. The Morgan fingerprint density at radius 1 is 1.23 bits per heavy atom. The lowest BCUT2D eigenvalue weighted by Gasteiger charge is -2.45. The summed E-state index contributed by atoms with van der Waals surface area (Å²) in [5.74, 6) is -0.188. The molecule has 13 heteroatoms. The Labute approximate surface area is 194 Å². The van der Waals surface area contributed by atoms with E-state index in [1.54, 1.807) is 12.1 Å². The molecule has 5 atom stereocenters. The van der Waals surface area contributed by atoms with Gasteiger partial charge in [-0.2, -0.15) is 0 Å². The van der Waals surface area contributed by atoms with Crippen molar-refractivity contribution in [2.75, 3.05) is 29.7 Å². The summed E-state index contributed by atoms with van der Waals surface area (Å²) in [6.45, 7) is 1.23. The van der Waals surface area contributed by atoms with Crippen LogP contribution in [0.1, 0.15) is 5.56 Å². The molecule has 1 aromatic rings. The highest BCUT2D eigenvalue weighted by Gasteiger charge is 2.57. The Balaban J connectivity index is 2.28. The number of aliphatic hydroxyl groups excluding tert-OH is 2. The summed E-state index contributed by atoms with van der Waals surface area (Å²) in [4.78, 5) is 17.6. The van der Waals surface area contributed by atoms with Crippen molar-refractivity contribution in [3.05, 3.63) is 29.8 Å². The zero-order valence-corrected chi connectivity index (χ0v) is 18.7. The molecule has 1 heterocycles. The van der Waals surface area contributed by atoms with E-state index in [4.69, 9.17) is 51.6 Å². The van der Waals surface area contributed by atoms with Crippen LogP contribution in [0.3, 0.4) is 0 Å². The quantitative estimate of drug-likeness (QED) is 0.141. The standard InChI is InChI=1S/C18H25Cl2N5O5S/c19-5-7-25(8-6-20)11-3-1-10(2-4-11)9-23-18(29)13(26)12(15(21)28)30-16(14(18)27)24-17(22)31/h1-4,9,12-14,16,26-27,29H,5-8H2,(H2,21,28)(H3,22,24,31)/b23-9+/t12-,13+,14-,16?,18-/m0/s1. The number of primary amides is 1. The van der Waals surface area contributed by atoms with Crippen LogP contribution in [0.4, 0.5) is 5.69 Å². The predicted molar refractivity (Wildman–Crippen MR) is 122 cm³/mol. The number of hydrogen-bond donors (Lipinski definition) is 6. The number of aliphatic imine (C=N–C) groups is 1. The summed E-state index contributed by atoms with van der Waals surface area (Å²) < 4.78 is 5.20. The predicted octanol–water partition coefficient (Wildman–Crippen LogP) is -1.16. The summed E-state index contributed by atoms with van der Waals surface area (Å²) in [6, 6.07) is 7.05. The molecule has 1 amide bonds. The highest BCUT2D eigenvalue weighted by molar-refractivity contribution is 7.80. The van der Waals surface area contributed by atoms with Gasteiger partial charge in [0.25, 0.3) is 0 Å². The normalized spacial score (nSPS) is 28.4. The third kappa shape index (κ3) is 6.16. The maximum Gasteiger partial charge on any atom is 0.249 e. The fourth-order valence-electron chi connectivity index (χ4n) is 3.08. The van der Waals surface area contributed by atoms with Crippen LogP contribution in [0.5, 0.6) is 0 Å². The zero-order chi connectivity index (χ0) is 23.2. The summed E-state index contributed by atoms with van der Waals surface area (Å²) in [6.07, 6.45) is -5.62. The number of rotatable bonds is 9. The molecule has 1 fully saturated rings. The zero-order valence-electron chi connectivity index (χ0n) is 16.4. The number of thiocarbonyl (C=S) groups is 1. The first-order chi connectivity index (χ1) is 14.6. The van der Waals surface area contributed by atoms with Crippen LogP contribution in [-0.2, 0) is 9.53 Å². The lowest BCUT2D eigenvalue weighted by atomic mass is 9.91. The Hall–Kier alpha value is -1.73. The van der Waals surface area contributed by atoms with E-state index in [2.05, 4.69) is 10.3 Å². The van der Waals surface area contributed by atoms with E-state index in [0.29, 0.717) is 30.4 Å². The van der Waals surface area contributed by atoms with Crippen LogP contribution in [0.25, 0.3) is 0 Å². The number of anilines is 1. The van der Waals surface area contributed by atoms with E-state index in [-0.39, 0.29) is 5.11 Å². The molecule has 2 rings (SSSR count). The number of alkyl halides is 2. The fourth-order valence-corrected chi connectivity index (χ4v) is 3.60. The van der Waals surface area contributed by atoms with Crippen LogP contribution < -0.4 is 21.7 Å². The van der Waals surface area contributed by atoms with Gasteiger partial charge in [0.05, 0.1) is 0 Å². The molecule has 10 nitrogen and oxygen atoms in total. The molecule has 1 unspecified atom stereocenters. The van der Waals surface area contributed by atoms with Crippen LogP contribution in [0.2, 0.25) is 0 Å². The van der Waals surface area contributed by atoms with Gasteiger partial charge in [0.2, 0.25) is 11.6 Å². The molecule has 1 aliphatic heterocycles. The molecular formula is C18H25Cl2N5O5S. The minimum Gasteiger partial charge on any atom is -0.385 e. The van der Waals surface area contributed by atoms with Crippen LogP contribution in [0, 0.1) is 0 Å². The average molecular weight is 494 g/mol. The molecule has 0 radical (unpaired) electrons. The number of carbonyl (C=O) groups is 1. The molecule has 0 spiro atoms. The van der Waals surface area contributed by atoms with Crippen molar-refractivity contribution < 1.29 is 24.9 Å². The van der Waals surface area contributed by atoms with Gasteiger partial charge in [0, 0.05) is 36.8 Å². The number of aliphatic hydroxyl groups is 3. The number of benzene rings is 1. The second-order valence-corrected chi connectivity index (χ2v) is 7.97. The summed E-state index contributed by atoms with van der Waals surface area (Å²) in [5.41, 5.74) is 9.53. The first-order valence-corrected chi connectivity index (χ1v) is 10.7. The van der Waals surface area contributed by atoms with Crippen molar-refractivity contribution in [3.8, 4) is 0 Å². The van der Waals surface area contributed by atoms with Crippen molar-refractivity contribution in [1.82, 2.24) is 5.32 Å². The molecule has 0 aromatic heterocycles. The minimum atomic E-state index is -2.53. The van der Waals surface area contributed by atoms with Gasteiger partial charge in [-0.05, 0) is 29.9 Å². The van der Waals surface area contributed by atoms with Gasteiger partial charge in [-0.3, -0.25) is 9.79 Å². The second-order valence-electron chi connectivity index (χ2n) is 6.78. The van der Waals surface area contributed by atoms with Gasteiger partial charge in [-0.25, -0.2) is 0 Å². The van der Waals surface area contributed by atoms with Crippen molar-refractivity contribution in [2.45, 2.75) is 30.3 Å². The molecule has 1 saturated heterocycles. The number of ether oxygens (including phenoxy) is 1. The number of nitrogens with one attached hydrogen (secondary N) is 1. The van der Waals surface area contributed by atoms with E-state index >= 15 is 0 Å². The second kappa shape index (κ2) is 11.2. The molecule has 172 valence electrons. The first kappa shape index (κ1) is 25.5. The Bertz CT molecular complexity index is 796. The SMILES string of the molecule is NC(=O)[C@H]1OC(NC(N)=S)[C@H](O)[C@](O)(/N=C/c2ccc(N(CCCl)CCCl)cc2)[C@@H]1O. The number of nitrogens with two attached hydrogens (primary N) is 2. The molecule has 8 N–H and O–H groups in total. The molecule has 0 bridgehead atoms.